The highest BCUT2D eigenvalue weighted by Gasteiger charge is 2.17. The van der Waals surface area contributed by atoms with E-state index >= 15 is 0 Å². The summed E-state index contributed by atoms with van der Waals surface area (Å²) >= 11 is 1.69. The number of rotatable bonds is 7. The lowest BCUT2D eigenvalue weighted by molar-refractivity contribution is 0.101. The maximum atomic E-state index is 5.63. The number of hydrogen-bond donors (Lipinski definition) is 2. The standard InChI is InChI=1S/C13H22N2O2S/c1-16-11-8-13(18-9-11)12(15-14)6-2-4-10-5-3-7-17-10/h8-10,12,15H,2-7,14H2,1H3. The van der Waals surface area contributed by atoms with E-state index in [1.54, 1.807) is 18.4 Å². The van der Waals surface area contributed by atoms with Gasteiger partial charge in [0.1, 0.15) is 5.75 Å². The van der Waals surface area contributed by atoms with Crippen LogP contribution < -0.4 is 16.0 Å². The van der Waals surface area contributed by atoms with Crippen LogP contribution in [-0.4, -0.2) is 19.8 Å². The van der Waals surface area contributed by atoms with E-state index < -0.39 is 0 Å². The first-order chi connectivity index (χ1) is 8.83. The smallest absolute Gasteiger partial charge is 0.129 e. The topological polar surface area (TPSA) is 56.5 Å². The molecule has 2 rings (SSSR count). The van der Waals surface area contributed by atoms with Gasteiger partial charge in [-0.3, -0.25) is 11.3 Å². The Balaban J connectivity index is 1.77. The van der Waals surface area contributed by atoms with Gasteiger partial charge in [0.2, 0.25) is 0 Å². The quantitative estimate of drug-likeness (QED) is 0.590. The molecule has 102 valence electrons. The van der Waals surface area contributed by atoms with Gasteiger partial charge in [-0.15, -0.1) is 11.3 Å². The van der Waals surface area contributed by atoms with Crippen molar-refractivity contribution in [1.82, 2.24) is 5.43 Å². The minimum Gasteiger partial charge on any atom is -0.496 e. The average Bonchev–Trinajstić information content (AvgIpc) is 3.05. The van der Waals surface area contributed by atoms with Crippen molar-refractivity contribution in [2.75, 3.05) is 13.7 Å². The zero-order chi connectivity index (χ0) is 12.8. The highest BCUT2D eigenvalue weighted by atomic mass is 32.1. The van der Waals surface area contributed by atoms with Gasteiger partial charge >= 0.3 is 0 Å². The lowest BCUT2D eigenvalue weighted by Gasteiger charge is -2.15. The molecule has 2 heterocycles. The van der Waals surface area contributed by atoms with Crippen molar-refractivity contribution < 1.29 is 9.47 Å². The Morgan fingerprint density at radius 2 is 2.56 bits per heavy atom. The van der Waals surface area contributed by atoms with Crippen molar-refractivity contribution >= 4 is 11.3 Å². The predicted octanol–water partition coefficient (Wildman–Crippen LogP) is 2.61. The van der Waals surface area contributed by atoms with Crippen molar-refractivity contribution in [1.29, 1.82) is 0 Å². The van der Waals surface area contributed by atoms with Gasteiger partial charge in [0, 0.05) is 16.9 Å². The maximum absolute atomic E-state index is 5.63. The van der Waals surface area contributed by atoms with E-state index in [4.69, 9.17) is 15.3 Å². The number of nitrogens with one attached hydrogen (secondary N) is 1. The molecule has 2 unspecified atom stereocenters. The molecule has 4 nitrogen and oxygen atoms in total. The summed E-state index contributed by atoms with van der Waals surface area (Å²) in [5, 5.41) is 2.01. The van der Waals surface area contributed by atoms with Gasteiger partial charge in [-0.1, -0.05) is 0 Å². The van der Waals surface area contributed by atoms with E-state index in [1.807, 2.05) is 5.38 Å². The van der Waals surface area contributed by atoms with Crippen LogP contribution in [0.3, 0.4) is 0 Å². The molecule has 0 bridgehead atoms. The lowest BCUT2D eigenvalue weighted by Crippen LogP contribution is -2.27. The molecular formula is C13H22N2O2S. The van der Waals surface area contributed by atoms with Crippen LogP contribution in [0, 0.1) is 0 Å². The zero-order valence-electron chi connectivity index (χ0n) is 10.9. The van der Waals surface area contributed by atoms with Gasteiger partial charge in [-0.2, -0.15) is 0 Å². The molecule has 3 N–H and O–H groups in total. The molecule has 1 saturated heterocycles. The molecule has 1 aromatic rings. The molecule has 0 spiro atoms. The van der Waals surface area contributed by atoms with Gasteiger partial charge in [0.25, 0.3) is 0 Å². The van der Waals surface area contributed by atoms with Crippen LogP contribution in [0.1, 0.15) is 43.0 Å². The fourth-order valence-corrected chi connectivity index (χ4v) is 3.30. The molecular weight excluding hydrogens is 248 g/mol. The van der Waals surface area contributed by atoms with Crippen molar-refractivity contribution in [2.24, 2.45) is 5.84 Å². The van der Waals surface area contributed by atoms with E-state index in [0.29, 0.717) is 6.10 Å². The largest absolute Gasteiger partial charge is 0.496 e. The Bertz CT molecular complexity index is 351. The Morgan fingerprint density at radius 3 is 3.17 bits per heavy atom. The summed E-state index contributed by atoms with van der Waals surface area (Å²) in [6, 6.07) is 2.28. The Morgan fingerprint density at radius 1 is 1.67 bits per heavy atom. The number of thiophene rings is 1. The number of hydrazine groups is 1. The summed E-state index contributed by atoms with van der Waals surface area (Å²) in [5.41, 5.74) is 2.90. The SMILES string of the molecule is COc1csc(C(CCCC2CCCO2)NN)c1. The molecule has 5 heteroatoms. The van der Waals surface area contributed by atoms with Crippen LogP contribution in [0.25, 0.3) is 0 Å². The lowest BCUT2D eigenvalue weighted by atomic mass is 10.0. The minimum atomic E-state index is 0.223. The van der Waals surface area contributed by atoms with Crippen molar-refractivity contribution in [2.45, 2.75) is 44.2 Å². The molecule has 0 radical (unpaired) electrons. The summed E-state index contributed by atoms with van der Waals surface area (Å²) in [6.45, 7) is 0.936. The van der Waals surface area contributed by atoms with Gasteiger partial charge in [0.05, 0.1) is 19.3 Å². The summed E-state index contributed by atoms with van der Waals surface area (Å²) in [4.78, 5) is 1.24. The molecule has 0 amide bonds. The number of ether oxygens (including phenoxy) is 2. The van der Waals surface area contributed by atoms with Crippen LogP contribution in [0.5, 0.6) is 5.75 Å². The van der Waals surface area contributed by atoms with Crippen LogP contribution in [0.4, 0.5) is 0 Å². The van der Waals surface area contributed by atoms with Crippen molar-refractivity contribution in [3.8, 4) is 5.75 Å². The molecule has 0 aromatic carbocycles. The van der Waals surface area contributed by atoms with Gasteiger partial charge in [-0.05, 0) is 38.2 Å². The summed E-state index contributed by atoms with van der Waals surface area (Å²) < 4.78 is 10.8. The Hall–Kier alpha value is -0.620. The van der Waals surface area contributed by atoms with Crippen LogP contribution in [0.15, 0.2) is 11.4 Å². The molecule has 0 aliphatic carbocycles. The van der Waals surface area contributed by atoms with E-state index in [1.165, 1.54) is 17.7 Å². The number of methoxy groups -OCH3 is 1. The van der Waals surface area contributed by atoms with Crippen molar-refractivity contribution in [3.05, 3.63) is 16.3 Å². The van der Waals surface area contributed by atoms with Gasteiger partial charge in [0.15, 0.2) is 0 Å². The monoisotopic (exact) mass is 270 g/mol. The molecule has 1 aromatic heterocycles. The molecule has 1 fully saturated rings. The molecule has 1 aliphatic rings. The summed E-state index contributed by atoms with van der Waals surface area (Å²) in [7, 11) is 1.69. The van der Waals surface area contributed by atoms with Crippen molar-refractivity contribution in [3.63, 3.8) is 0 Å². The molecule has 0 saturated carbocycles. The first kappa shape index (κ1) is 13.8. The number of nitrogens with two attached hydrogens (primary N) is 1. The third kappa shape index (κ3) is 3.68. The van der Waals surface area contributed by atoms with E-state index in [0.717, 1.165) is 31.6 Å². The van der Waals surface area contributed by atoms with Crippen LogP contribution in [-0.2, 0) is 4.74 Å². The molecule has 2 atom stereocenters. The summed E-state index contributed by atoms with van der Waals surface area (Å²) in [5.74, 6) is 6.55. The van der Waals surface area contributed by atoms with E-state index in [9.17, 15) is 0 Å². The highest BCUT2D eigenvalue weighted by Crippen LogP contribution is 2.30. The summed E-state index contributed by atoms with van der Waals surface area (Å²) in [6.07, 6.45) is 6.22. The fourth-order valence-electron chi connectivity index (χ4n) is 2.35. The molecule has 18 heavy (non-hydrogen) atoms. The highest BCUT2D eigenvalue weighted by molar-refractivity contribution is 7.10. The predicted molar refractivity (Wildman–Crippen MR) is 73.8 cm³/mol. The normalized spacial score (nSPS) is 21.1. The first-order valence-corrected chi connectivity index (χ1v) is 7.41. The van der Waals surface area contributed by atoms with E-state index in [2.05, 4.69) is 11.5 Å². The van der Waals surface area contributed by atoms with Crippen LogP contribution >= 0.6 is 11.3 Å². The Kier molecular flexibility index (Phi) is 5.44. The second-order valence-corrected chi connectivity index (χ2v) is 5.62. The maximum Gasteiger partial charge on any atom is 0.129 e. The van der Waals surface area contributed by atoms with E-state index in [-0.39, 0.29) is 6.04 Å². The van der Waals surface area contributed by atoms with Gasteiger partial charge in [-0.25, -0.2) is 0 Å². The second-order valence-electron chi connectivity index (χ2n) is 4.67. The molecule has 1 aliphatic heterocycles. The first-order valence-electron chi connectivity index (χ1n) is 6.53. The second kappa shape index (κ2) is 7.09. The third-order valence-corrected chi connectivity index (χ3v) is 4.44. The third-order valence-electron chi connectivity index (χ3n) is 3.42. The Labute approximate surface area is 112 Å². The van der Waals surface area contributed by atoms with Crippen LogP contribution in [0.2, 0.25) is 0 Å². The van der Waals surface area contributed by atoms with Gasteiger partial charge < -0.3 is 9.47 Å². The average molecular weight is 270 g/mol. The fraction of sp³-hybridized carbons (Fsp3) is 0.692. The minimum absolute atomic E-state index is 0.223. The number of hydrogen-bond acceptors (Lipinski definition) is 5. The zero-order valence-corrected chi connectivity index (χ0v) is 11.7.